The number of hydrogen-bond acceptors (Lipinski definition) is 5. The van der Waals surface area contributed by atoms with Crippen LogP contribution in [-0.2, 0) is 11.3 Å². The zero-order valence-corrected chi connectivity index (χ0v) is 12.6. The molecule has 1 heterocycles. The number of nitrogens with zero attached hydrogens (tertiary/aromatic N) is 1. The number of aromatic hydroxyl groups is 1. The van der Waals surface area contributed by atoms with Crippen molar-refractivity contribution < 1.29 is 14.6 Å². The van der Waals surface area contributed by atoms with Crippen LogP contribution < -0.4 is 10.1 Å². The predicted octanol–water partition coefficient (Wildman–Crippen LogP) is 1.47. The van der Waals surface area contributed by atoms with Crippen molar-refractivity contribution in [3.05, 3.63) is 22.7 Å². The van der Waals surface area contributed by atoms with Crippen LogP contribution in [0.25, 0.3) is 0 Å². The van der Waals surface area contributed by atoms with Crippen LogP contribution in [0, 0.1) is 0 Å². The molecule has 20 heavy (non-hydrogen) atoms. The van der Waals surface area contributed by atoms with E-state index in [2.05, 4.69) is 10.2 Å². The van der Waals surface area contributed by atoms with Gasteiger partial charge in [0.05, 0.1) is 19.8 Å². The molecule has 1 aliphatic rings. The molecule has 1 aliphatic heterocycles. The molecule has 0 spiro atoms. The monoisotopic (exact) mass is 300 g/mol. The van der Waals surface area contributed by atoms with E-state index in [4.69, 9.17) is 21.1 Å². The van der Waals surface area contributed by atoms with E-state index >= 15 is 0 Å². The van der Waals surface area contributed by atoms with Crippen molar-refractivity contribution in [2.24, 2.45) is 0 Å². The van der Waals surface area contributed by atoms with Gasteiger partial charge in [0.1, 0.15) is 0 Å². The maximum absolute atomic E-state index is 10.2. The fourth-order valence-electron chi connectivity index (χ4n) is 2.42. The summed E-state index contributed by atoms with van der Waals surface area (Å²) in [6.45, 7) is 3.82. The second-order valence-corrected chi connectivity index (χ2v) is 5.34. The highest BCUT2D eigenvalue weighted by Crippen LogP contribution is 2.34. The average molecular weight is 301 g/mol. The van der Waals surface area contributed by atoms with E-state index in [0.29, 0.717) is 23.9 Å². The van der Waals surface area contributed by atoms with Gasteiger partial charge in [-0.1, -0.05) is 11.6 Å². The molecular weight excluding hydrogens is 280 g/mol. The Hall–Kier alpha value is -1.01. The lowest BCUT2D eigenvalue weighted by Crippen LogP contribution is -2.45. The number of hydrogen-bond donors (Lipinski definition) is 2. The molecule has 0 amide bonds. The molecule has 0 radical (unpaired) electrons. The summed E-state index contributed by atoms with van der Waals surface area (Å²) in [5.74, 6) is 0.570. The molecule has 1 aromatic rings. The minimum atomic E-state index is 0.161. The van der Waals surface area contributed by atoms with Crippen molar-refractivity contribution in [2.45, 2.75) is 12.6 Å². The molecule has 0 bridgehead atoms. The number of methoxy groups -OCH3 is 1. The molecule has 0 aliphatic carbocycles. The third-order valence-corrected chi connectivity index (χ3v) is 3.61. The minimum absolute atomic E-state index is 0.161. The molecule has 1 saturated heterocycles. The molecule has 1 unspecified atom stereocenters. The van der Waals surface area contributed by atoms with Crippen LogP contribution in [0.3, 0.4) is 0 Å². The Bertz CT molecular complexity index is 454. The molecule has 0 saturated carbocycles. The van der Waals surface area contributed by atoms with E-state index in [0.717, 1.165) is 25.2 Å². The molecule has 1 fully saturated rings. The molecular formula is C14H21ClN2O3. The van der Waals surface area contributed by atoms with Crippen molar-refractivity contribution in [2.75, 3.05) is 40.4 Å². The second-order valence-electron chi connectivity index (χ2n) is 4.90. The van der Waals surface area contributed by atoms with Crippen molar-refractivity contribution in [3.63, 3.8) is 0 Å². The fraction of sp³-hybridized carbons (Fsp3) is 0.571. The number of morpholine rings is 1. The Balaban J connectivity index is 2.07. The van der Waals surface area contributed by atoms with Gasteiger partial charge in [-0.3, -0.25) is 4.90 Å². The lowest BCUT2D eigenvalue weighted by molar-refractivity contribution is -0.0293. The zero-order valence-electron chi connectivity index (χ0n) is 11.9. The number of benzene rings is 1. The number of halogens is 1. The zero-order chi connectivity index (χ0) is 14.5. The van der Waals surface area contributed by atoms with E-state index in [9.17, 15) is 5.11 Å². The van der Waals surface area contributed by atoms with Gasteiger partial charge in [-0.05, 0) is 13.1 Å². The lowest BCUT2D eigenvalue weighted by Gasteiger charge is -2.33. The molecule has 1 atom stereocenters. The van der Waals surface area contributed by atoms with Crippen molar-refractivity contribution in [3.8, 4) is 11.5 Å². The van der Waals surface area contributed by atoms with Gasteiger partial charge in [-0.15, -0.1) is 0 Å². The number of rotatable bonds is 5. The summed E-state index contributed by atoms with van der Waals surface area (Å²) < 4.78 is 10.8. The van der Waals surface area contributed by atoms with Crippen LogP contribution in [0.4, 0.5) is 0 Å². The Morgan fingerprint density at radius 3 is 3.05 bits per heavy atom. The molecule has 1 aromatic carbocycles. The molecule has 5 nitrogen and oxygen atoms in total. The first-order valence-electron chi connectivity index (χ1n) is 6.68. The summed E-state index contributed by atoms with van der Waals surface area (Å²) >= 11 is 6.05. The van der Waals surface area contributed by atoms with E-state index in [1.165, 1.54) is 7.11 Å². The smallest absolute Gasteiger partial charge is 0.162 e. The SMILES string of the molecule is CNCC1CN(Cc2cc(Cl)cc(OC)c2O)CCO1. The van der Waals surface area contributed by atoms with E-state index in [1.807, 2.05) is 7.05 Å². The maximum Gasteiger partial charge on any atom is 0.162 e. The minimum Gasteiger partial charge on any atom is -0.504 e. The quantitative estimate of drug-likeness (QED) is 0.862. The summed E-state index contributed by atoms with van der Waals surface area (Å²) in [4.78, 5) is 2.25. The average Bonchev–Trinajstić information content (AvgIpc) is 2.43. The summed E-state index contributed by atoms with van der Waals surface area (Å²) in [6, 6.07) is 3.39. The van der Waals surface area contributed by atoms with Crippen molar-refractivity contribution in [1.82, 2.24) is 10.2 Å². The van der Waals surface area contributed by atoms with E-state index < -0.39 is 0 Å². The molecule has 6 heteroatoms. The summed E-state index contributed by atoms with van der Waals surface area (Å²) in [7, 11) is 3.43. The lowest BCUT2D eigenvalue weighted by atomic mass is 10.1. The molecule has 112 valence electrons. The van der Waals surface area contributed by atoms with Crippen molar-refractivity contribution in [1.29, 1.82) is 0 Å². The summed E-state index contributed by atoms with van der Waals surface area (Å²) in [6.07, 6.45) is 0.178. The highest BCUT2D eigenvalue weighted by atomic mass is 35.5. The van der Waals surface area contributed by atoms with Crippen LogP contribution in [0.15, 0.2) is 12.1 Å². The summed E-state index contributed by atoms with van der Waals surface area (Å²) in [5, 5.41) is 13.8. The third kappa shape index (κ3) is 3.76. The van der Waals surface area contributed by atoms with E-state index in [1.54, 1.807) is 12.1 Å². The number of nitrogens with one attached hydrogen (secondary N) is 1. The van der Waals surface area contributed by atoms with Gasteiger partial charge in [-0.25, -0.2) is 0 Å². The number of ether oxygens (including phenoxy) is 2. The standard InChI is InChI=1S/C14H21ClN2O3/c1-16-7-12-9-17(3-4-20-12)8-10-5-11(15)6-13(19-2)14(10)18/h5-6,12,16,18H,3-4,7-9H2,1-2H3. The third-order valence-electron chi connectivity index (χ3n) is 3.39. The highest BCUT2D eigenvalue weighted by molar-refractivity contribution is 6.30. The highest BCUT2D eigenvalue weighted by Gasteiger charge is 2.21. The largest absolute Gasteiger partial charge is 0.504 e. The fourth-order valence-corrected chi connectivity index (χ4v) is 2.65. The number of phenolic OH excluding ortho intramolecular Hbond substituents is 1. The molecule has 0 aromatic heterocycles. The van der Waals surface area contributed by atoms with Crippen LogP contribution in [0.1, 0.15) is 5.56 Å². The summed E-state index contributed by atoms with van der Waals surface area (Å²) in [5.41, 5.74) is 0.777. The Kier molecular flexibility index (Phi) is 5.48. The van der Waals surface area contributed by atoms with Crippen molar-refractivity contribution >= 4 is 11.6 Å². The van der Waals surface area contributed by atoms with Crippen LogP contribution in [0.2, 0.25) is 5.02 Å². The predicted molar refractivity (Wildman–Crippen MR) is 78.6 cm³/mol. The Labute approximate surface area is 124 Å². The van der Waals surface area contributed by atoms with Crippen LogP contribution >= 0.6 is 11.6 Å². The normalized spacial score (nSPS) is 20.1. The van der Waals surface area contributed by atoms with Gasteiger partial charge in [-0.2, -0.15) is 0 Å². The van der Waals surface area contributed by atoms with Crippen LogP contribution in [0.5, 0.6) is 11.5 Å². The van der Waals surface area contributed by atoms with Gasteiger partial charge < -0.3 is 19.9 Å². The van der Waals surface area contributed by atoms with Crippen LogP contribution in [-0.4, -0.2) is 56.5 Å². The Morgan fingerprint density at radius 1 is 1.55 bits per heavy atom. The molecule has 2 rings (SSSR count). The Morgan fingerprint density at radius 2 is 2.35 bits per heavy atom. The first-order chi connectivity index (χ1) is 9.63. The second kappa shape index (κ2) is 7.13. The maximum atomic E-state index is 10.2. The number of likely N-dealkylation sites (N-methyl/N-ethyl adjacent to an activating group) is 1. The topological polar surface area (TPSA) is 54.0 Å². The van der Waals surface area contributed by atoms with Gasteiger partial charge in [0, 0.05) is 42.8 Å². The van der Waals surface area contributed by atoms with Gasteiger partial charge in [0.15, 0.2) is 11.5 Å². The van der Waals surface area contributed by atoms with Gasteiger partial charge >= 0.3 is 0 Å². The number of phenols is 1. The molecule has 2 N–H and O–H groups in total. The van der Waals surface area contributed by atoms with Gasteiger partial charge in [0.2, 0.25) is 0 Å². The first kappa shape index (κ1) is 15.4. The van der Waals surface area contributed by atoms with E-state index in [-0.39, 0.29) is 11.9 Å². The first-order valence-corrected chi connectivity index (χ1v) is 7.05. The van der Waals surface area contributed by atoms with Gasteiger partial charge in [0.25, 0.3) is 0 Å².